The van der Waals surface area contributed by atoms with E-state index in [2.05, 4.69) is 15.3 Å². The van der Waals surface area contributed by atoms with Crippen molar-refractivity contribution in [3.63, 3.8) is 0 Å². The molecule has 0 aliphatic heterocycles. The highest BCUT2D eigenvalue weighted by Crippen LogP contribution is 2.46. The molecule has 0 aromatic carbocycles. The summed E-state index contributed by atoms with van der Waals surface area (Å²) in [4.78, 5) is 36.7. The Hall–Kier alpha value is -2.22. The number of carbonyl (C=O) groups is 2. The van der Waals surface area contributed by atoms with Crippen LogP contribution in [0.15, 0.2) is 6.33 Å². The predicted molar refractivity (Wildman–Crippen MR) is 123 cm³/mol. The van der Waals surface area contributed by atoms with Crippen LogP contribution in [0.1, 0.15) is 75.7 Å². The molecule has 7 nitrogen and oxygen atoms in total. The zero-order valence-corrected chi connectivity index (χ0v) is 19.6. The number of aldehydes is 1. The molecule has 31 heavy (non-hydrogen) atoms. The number of aromatic nitrogens is 2. The van der Waals surface area contributed by atoms with Gasteiger partial charge in [0.25, 0.3) is 0 Å². The van der Waals surface area contributed by atoms with Crippen LogP contribution in [0.5, 0.6) is 0 Å². The summed E-state index contributed by atoms with van der Waals surface area (Å²) in [5.74, 6) is 1.18. The first-order chi connectivity index (χ1) is 14.8. The Morgan fingerprint density at radius 3 is 2.68 bits per heavy atom. The Balaban J connectivity index is 1.44. The van der Waals surface area contributed by atoms with Gasteiger partial charge in [0.1, 0.15) is 28.9 Å². The third-order valence-corrected chi connectivity index (χ3v) is 7.55. The number of ether oxygens (including phenoxy) is 1. The topological polar surface area (TPSA) is 84.4 Å². The van der Waals surface area contributed by atoms with Gasteiger partial charge in [0, 0.05) is 30.4 Å². The van der Waals surface area contributed by atoms with Crippen LogP contribution in [0, 0.1) is 0 Å². The average molecular weight is 445 g/mol. The maximum absolute atomic E-state index is 12.4. The summed E-state index contributed by atoms with van der Waals surface area (Å²) in [6.45, 7) is 5.68. The van der Waals surface area contributed by atoms with Gasteiger partial charge in [-0.1, -0.05) is 0 Å². The average Bonchev–Trinajstić information content (AvgIpc) is 3.27. The minimum atomic E-state index is -0.481. The smallest absolute Gasteiger partial charge is 0.410 e. The fraction of sp³-hybridized carbons (Fsp3) is 0.652. The van der Waals surface area contributed by atoms with Crippen molar-refractivity contribution in [3.8, 4) is 0 Å². The minimum absolute atomic E-state index is 0.195. The number of carbonyl (C=O) groups excluding carboxylic acids is 2. The second-order valence-electron chi connectivity index (χ2n) is 9.72. The molecule has 1 atom stereocenters. The second kappa shape index (κ2) is 8.73. The monoisotopic (exact) mass is 444 g/mol. The highest BCUT2D eigenvalue weighted by molar-refractivity contribution is 7.19. The summed E-state index contributed by atoms with van der Waals surface area (Å²) in [6.07, 6.45) is 8.82. The number of aryl methyl sites for hydroxylation is 1. The molecule has 0 spiro atoms. The summed E-state index contributed by atoms with van der Waals surface area (Å²) in [5.41, 5.74) is 0.805. The van der Waals surface area contributed by atoms with Gasteiger partial charge in [0.15, 0.2) is 0 Å². The number of thiophene rings is 1. The second-order valence-corrected chi connectivity index (χ2v) is 10.8. The van der Waals surface area contributed by atoms with Crippen molar-refractivity contribution in [1.82, 2.24) is 14.9 Å². The zero-order chi connectivity index (χ0) is 22.2. The summed E-state index contributed by atoms with van der Waals surface area (Å²) in [5, 5.41) is 4.77. The highest BCUT2D eigenvalue weighted by atomic mass is 32.1. The molecule has 4 rings (SSSR count). The zero-order valence-electron chi connectivity index (χ0n) is 18.8. The van der Waals surface area contributed by atoms with E-state index in [-0.39, 0.29) is 18.1 Å². The SMILES string of the molecule is CN(C(=O)OC(C)(C)C)C1CCC(Nc2ncnc3sc4c(c23)[C@@H](CC=O)CC4)CC1. The van der Waals surface area contributed by atoms with Crippen LogP contribution < -0.4 is 5.32 Å². The fourth-order valence-electron chi connectivity index (χ4n) is 4.81. The number of hydrogen-bond acceptors (Lipinski definition) is 7. The molecule has 2 aliphatic rings. The largest absolute Gasteiger partial charge is 0.444 e. The number of anilines is 1. The molecular weight excluding hydrogens is 412 g/mol. The summed E-state index contributed by atoms with van der Waals surface area (Å²) in [7, 11) is 1.84. The molecule has 1 saturated carbocycles. The molecule has 8 heteroatoms. The van der Waals surface area contributed by atoms with Crippen LogP contribution in [-0.2, 0) is 16.0 Å². The van der Waals surface area contributed by atoms with E-state index in [1.165, 1.54) is 10.4 Å². The van der Waals surface area contributed by atoms with E-state index in [1.807, 2.05) is 27.8 Å². The molecule has 0 radical (unpaired) electrons. The molecule has 2 heterocycles. The Bertz CT molecular complexity index is 960. The Kier molecular flexibility index (Phi) is 6.19. The number of amides is 1. The lowest BCUT2D eigenvalue weighted by Gasteiger charge is -2.36. The molecule has 2 aliphatic carbocycles. The van der Waals surface area contributed by atoms with Crippen LogP contribution in [-0.4, -0.2) is 52.0 Å². The Morgan fingerprint density at radius 2 is 2.00 bits per heavy atom. The van der Waals surface area contributed by atoms with Crippen molar-refractivity contribution in [2.24, 2.45) is 0 Å². The molecule has 168 valence electrons. The van der Waals surface area contributed by atoms with Crippen LogP contribution in [0.3, 0.4) is 0 Å². The van der Waals surface area contributed by atoms with E-state index in [0.29, 0.717) is 12.5 Å². The van der Waals surface area contributed by atoms with E-state index in [0.717, 1.165) is 60.8 Å². The first kappa shape index (κ1) is 22.0. The lowest BCUT2D eigenvalue weighted by molar-refractivity contribution is -0.108. The van der Waals surface area contributed by atoms with E-state index in [1.54, 1.807) is 22.6 Å². The molecule has 1 amide bonds. The lowest BCUT2D eigenvalue weighted by atomic mass is 9.90. The third kappa shape index (κ3) is 4.68. The van der Waals surface area contributed by atoms with Gasteiger partial charge in [0.2, 0.25) is 0 Å². The summed E-state index contributed by atoms with van der Waals surface area (Å²) >= 11 is 1.74. The number of rotatable bonds is 5. The van der Waals surface area contributed by atoms with E-state index >= 15 is 0 Å². The van der Waals surface area contributed by atoms with Gasteiger partial charge in [-0.3, -0.25) is 0 Å². The summed E-state index contributed by atoms with van der Waals surface area (Å²) < 4.78 is 5.52. The van der Waals surface area contributed by atoms with Gasteiger partial charge in [-0.2, -0.15) is 0 Å². The minimum Gasteiger partial charge on any atom is -0.444 e. The van der Waals surface area contributed by atoms with Gasteiger partial charge in [-0.15, -0.1) is 11.3 Å². The quantitative estimate of drug-likeness (QED) is 0.660. The molecule has 1 N–H and O–H groups in total. The summed E-state index contributed by atoms with van der Waals surface area (Å²) in [6, 6.07) is 0.503. The number of nitrogens with zero attached hydrogens (tertiary/aromatic N) is 3. The number of fused-ring (bicyclic) bond motifs is 3. The van der Waals surface area contributed by atoms with Crippen LogP contribution in [0.2, 0.25) is 0 Å². The lowest BCUT2D eigenvalue weighted by Crippen LogP contribution is -2.43. The number of hydrogen-bond donors (Lipinski definition) is 1. The molecule has 0 bridgehead atoms. The molecular formula is C23H32N4O3S. The van der Waals surface area contributed by atoms with Crippen molar-refractivity contribution < 1.29 is 14.3 Å². The molecule has 1 fully saturated rings. The first-order valence-corrected chi connectivity index (χ1v) is 12.0. The standard InChI is InChI=1S/C23H32N4O3S/c1-23(2,3)30-22(29)27(4)16-8-6-15(7-9-16)26-20-19-18-14(11-12-28)5-10-17(18)31-21(19)25-13-24-20/h12-16H,5-11H2,1-4H3,(H,24,25,26)/t14-,15?,16?/m1/s1. The van der Waals surface area contributed by atoms with Gasteiger partial charge in [0.05, 0.1) is 5.39 Å². The van der Waals surface area contributed by atoms with Crippen LogP contribution >= 0.6 is 11.3 Å². The van der Waals surface area contributed by atoms with Crippen LogP contribution in [0.25, 0.3) is 10.2 Å². The van der Waals surface area contributed by atoms with Gasteiger partial charge in [-0.05, 0) is 70.8 Å². The van der Waals surface area contributed by atoms with E-state index in [9.17, 15) is 9.59 Å². The van der Waals surface area contributed by atoms with Gasteiger partial charge < -0.3 is 19.7 Å². The van der Waals surface area contributed by atoms with Crippen molar-refractivity contribution in [2.75, 3.05) is 12.4 Å². The number of nitrogens with one attached hydrogen (secondary N) is 1. The first-order valence-electron chi connectivity index (χ1n) is 11.2. The molecule has 2 aromatic heterocycles. The Morgan fingerprint density at radius 1 is 1.26 bits per heavy atom. The predicted octanol–water partition coefficient (Wildman–Crippen LogP) is 4.90. The third-order valence-electron chi connectivity index (χ3n) is 6.38. The molecule has 0 saturated heterocycles. The maximum Gasteiger partial charge on any atom is 0.410 e. The van der Waals surface area contributed by atoms with E-state index in [4.69, 9.17) is 4.74 Å². The van der Waals surface area contributed by atoms with E-state index < -0.39 is 5.60 Å². The Labute approximate surface area is 187 Å². The molecule has 2 aromatic rings. The van der Waals surface area contributed by atoms with Crippen molar-refractivity contribution in [3.05, 3.63) is 16.8 Å². The highest BCUT2D eigenvalue weighted by Gasteiger charge is 2.32. The normalized spacial score (nSPS) is 23.4. The van der Waals surface area contributed by atoms with Crippen molar-refractivity contribution >= 4 is 39.8 Å². The fourth-order valence-corrected chi connectivity index (χ4v) is 6.05. The van der Waals surface area contributed by atoms with Crippen LogP contribution in [0.4, 0.5) is 10.6 Å². The van der Waals surface area contributed by atoms with Crippen molar-refractivity contribution in [1.29, 1.82) is 0 Å². The molecule has 0 unspecified atom stereocenters. The van der Waals surface area contributed by atoms with Gasteiger partial charge in [-0.25, -0.2) is 14.8 Å². The maximum atomic E-state index is 12.4. The van der Waals surface area contributed by atoms with Crippen molar-refractivity contribution in [2.45, 2.75) is 89.3 Å². The van der Waals surface area contributed by atoms with Gasteiger partial charge >= 0.3 is 6.09 Å².